The maximum Gasteiger partial charge on any atom is 0.243 e. The predicted octanol–water partition coefficient (Wildman–Crippen LogP) is 0.269. The highest BCUT2D eigenvalue weighted by atomic mass is 32.2. The minimum Gasteiger partial charge on any atom is -0.399 e. The van der Waals surface area contributed by atoms with Gasteiger partial charge in [0, 0.05) is 5.69 Å². The first-order valence-electron chi connectivity index (χ1n) is 4.79. The monoisotopic (exact) mass is 272 g/mol. The number of benzene rings is 1. The van der Waals surface area contributed by atoms with Crippen LogP contribution < -0.4 is 10.5 Å². The Balaban J connectivity index is 2.20. The van der Waals surface area contributed by atoms with Crippen LogP contribution in [0.2, 0.25) is 0 Å². The zero-order valence-electron chi connectivity index (χ0n) is 9.00. The van der Waals surface area contributed by atoms with E-state index in [4.69, 9.17) is 5.73 Å². The number of aromatic nitrogens is 2. The van der Waals surface area contributed by atoms with Gasteiger partial charge in [-0.2, -0.15) is 4.98 Å². The number of nitrogens with two attached hydrogens (primary N) is 1. The minimum absolute atomic E-state index is 0.143. The van der Waals surface area contributed by atoms with Crippen molar-refractivity contribution in [3.63, 3.8) is 0 Å². The number of sulfonamides is 1. The van der Waals surface area contributed by atoms with Crippen molar-refractivity contribution in [1.82, 2.24) is 14.9 Å². The van der Waals surface area contributed by atoms with Gasteiger partial charge in [-0.15, -0.1) is 0 Å². The van der Waals surface area contributed by atoms with Gasteiger partial charge < -0.3 is 10.3 Å². The zero-order chi connectivity index (χ0) is 13.2. The smallest absolute Gasteiger partial charge is 0.243 e. The Bertz CT molecular complexity index is 642. The predicted molar refractivity (Wildman–Crippen MR) is 59.1 cm³/mol. The second kappa shape index (κ2) is 4.70. The summed E-state index contributed by atoms with van der Waals surface area (Å²) in [6.07, 6.45) is 1.06. The first kappa shape index (κ1) is 12.5. The van der Waals surface area contributed by atoms with Crippen molar-refractivity contribution >= 4 is 15.7 Å². The van der Waals surface area contributed by atoms with E-state index in [1.807, 2.05) is 0 Å². The molecule has 7 nitrogen and oxygen atoms in total. The van der Waals surface area contributed by atoms with Crippen molar-refractivity contribution < 1.29 is 17.3 Å². The summed E-state index contributed by atoms with van der Waals surface area (Å²) in [6, 6.07) is 3.32. The second-order valence-corrected chi connectivity index (χ2v) is 5.10. The van der Waals surface area contributed by atoms with Crippen molar-refractivity contribution in [3.8, 4) is 0 Å². The van der Waals surface area contributed by atoms with Crippen LogP contribution >= 0.6 is 0 Å². The van der Waals surface area contributed by atoms with Gasteiger partial charge in [-0.3, -0.25) is 0 Å². The second-order valence-electron chi connectivity index (χ2n) is 3.36. The molecular formula is C9H9FN4O3S. The topological polar surface area (TPSA) is 111 Å². The summed E-state index contributed by atoms with van der Waals surface area (Å²) in [5.41, 5.74) is 5.48. The van der Waals surface area contributed by atoms with Gasteiger partial charge in [-0.1, -0.05) is 5.16 Å². The maximum absolute atomic E-state index is 13.5. The van der Waals surface area contributed by atoms with Crippen LogP contribution in [0, 0.1) is 5.82 Å². The maximum atomic E-state index is 13.5. The number of nitrogens with zero attached hydrogens (tertiary/aromatic N) is 2. The molecule has 0 fully saturated rings. The molecule has 18 heavy (non-hydrogen) atoms. The van der Waals surface area contributed by atoms with Crippen molar-refractivity contribution in [2.75, 3.05) is 5.73 Å². The lowest BCUT2D eigenvalue weighted by Gasteiger charge is -2.06. The van der Waals surface area contributed by atoms with E-state index in [-0.39, 0.29) is 18.1 Å². The molecule has 3 N–H and O–H groups in total. The molecule has 0 atom stereocenters. The summed E-state index contributed by atoms with van der Waals surface area (Å²) in [5.74, 6) is -0.773. The van der Waals surface area contributed by atoms with Crippen molar-refractivity contribution in [3.05, 3.63) is 36.2 Å². The lowest BCUT2D eigenvalue weighted by Crippen LogP contribution is -2.24. The molecule has 2 aromatic rings. The summed E-state index contributed by atoms with van der Waals surface area (Å²) in [4.78, 5) is 3.15. The summed E-state index contributed by atoms with van der Waals surface area (Å²) >= 11 is 0. The normalized spacial score (nSPS) is 11.6. The Morgan fingerprint density at radius 1 is 1.44 bits per heavy atom. The molecule has 1 aromatic heterocycles. The summed E-state index contributed by atoms with van der Waals surface area (Å²) < 4.78 is 43.6. The van der Waals surface area contributed by atoms with Crippen LogP contribution in [-0.4, -0.2) is 18.6 Å². The molecule has 0 unspecified atom stereocenters. The average molecular weight is 272 g/mol. The van der Waals surface area contributed by atoms with Gasteiger partial charge >= 0.3 is 0 Å². The van der Waals surface area contributed by atoms with Crippen LogP contribution in [-0.2, 0) is 16.6 Å². The van der Waals surface area contributed by atoms with Crippen molar-refractivity contribution in [2.45, 2.75) is 11.4 Å². The highest BCUT2D eigenvalue weighted by molar-refractivity contribution is 7.89. The van der Waals surface area contributed by atoms with E-state index in [0.29, 0.717) is 0 Å². The lowest BCUT2D eigenvalue weighted by atomic mass is 10.3. The van der Waals surface area contributed by atoms with Gasteiger partial charge in [-0.25, -0.2) is 17.5 Å². The molecule has 0 radical (unpaired) electrons. The zero-order valence-corrected chi connectivity index (χ0v) is 9.82. The van der Waals surface area contributed by atoms with Crippen LogP contribution in [0.15, 0.2) is 34.0 Å². The molecule has 1 aromatic carbocycles. The fourth-order valence-corrected chi connectivity index (χ4v) is 2.28. The van der Waals surface area contributed by atoms with Crippen LogP contribution in [0.1, 0.15) is 5.82 Å². The third kappa shape index (κ3) is 2.63. The third-order valence-corrected chi connectivity index (χ3v) is 3.51. The van der Waals surface area contributed by atoms with E-state index in [1.165, 1.54) is 6.07 Å². The Morgan fingerprint density at radius 2 is 2.22 bits per heavy atom. The molecule has 0 aliphatic carbocycles. The fourth-order valence-electron chi connectivity index (χ4n) is 1.24. The number of hydrogen-bond acceptors (Lipinski definition) is 6. The number of anilines is 1. The molecule has 0 saturated heterocycles. The van der Waals surface area contributed by atoms with E-state index < -0.39 is 20.7 Å². The number of halogens is 1. The molecule has 0 aliphatic rings. The number of rotatable bonds is 4. The molecule has 0 saturated carbocycles. The Kier molecular flexibility index (Phi) is 3.26. The third-order valence-electron chi connectivity index (χ3n) is 2.07. The molecular weight excluding hydrogens is 263 g/mol. The van der Waals surface area contributed by atoms with E-state index in [1.54, 1.807) is 0 Å². The fraction of sp³-hybridized carbons (Fsp3) is 0.111. The van der Waals surface area contributed by atoms with Gasteiger partial charge in [0.05, 0.1) is 6.54 Å². The molecule has 0 amide bonds. The largest absolute Gasteiger partial charge is 0.399 e. The lowest BCUT2D eigenvalue weighted by molar-refractivity contribution is 0.409. The average Bonchev–Trinajstić information content (AvgIpc) is 2.78. The van der Waals surface area contributed by atoms with Crippen LogP contribution in [0.4, 0.5) is 10.1 Å². The van der Waals surface area contributed by atoms with Gasteiger partial charge in [0.2, 0.25) is 16.4 Å². The Hall–Kier alpha value is -2.00. The van der Waals surface area contributed by atoms with Gasteiger partial charge in [0.15, 0.2) is 5.82 Å². The standard InChI is InChI=1S/C9H9FN4O3S/c10-7-3-6(11)1-2-8(7)18(15,16)13-4-9-12-5-17-14-9/h1-3,5,13H,4,11H2. The molecule has 9 heteroatoms. The summed E-state index contributed by atoms with van der Waals surface area (Å²) in [6.45, 7) is -0.192. The quantitative estimate of drug-likeness (QED) is 0.773. The summed E-state index contributed by atoms with van der Waals surface area (Å²) in [5, 5.41) is 3.42. The van der Waals surface area contributed by atoms with Gasteiger partial charge in [0.1, 0.15) is 10.7 Å². The molecule has 1 heterocycles. The Morgan fingerprint density at radius 3 is 2.83 bits per heavy atom. The van der Waals surface area contributed by atoms with Gasteiger partial charge in [-0.05, 0) is 18.2 Å². The number of hydrogen-bond donors (Lipinski definition) is 2. The van der Waals surface area contributed by atoms with E-state index >= 15 is 0 Å². The molecule has 2 rings (SSSR count). The molecule has 0 aliphatic heterocycles. The SMILES string of the molecule is Nc1ccc(S(=O)(=O)NCc2ncon2)c(F)c1. The number of nitrogens with one attached hydrogen (secondary N) is 1. The summed E-state index contributed by atoms with van der Waals surface area (Å²) in [7, 11) is -3.99. The van der Waals surface area contributed by atoms with Crippen LogP contribution in [0.3, 0.4) is 0 Å². The van der Waals surface area contributed by atoms with Crippen molar-refractivity contribution in [2.24, 2.45) is 0 Å². The highest BCUT2D eigenvalue weighted by Gasteiger charge is 2.19. The van der Waals surface area contributed by atoms with E-state index in [0.717, 1.165) is 18.5 Å². The van der Waals surface area contributed by atoms with Gasteiger partial charge in [0.25, 0.3) is 0 Å². The molecule has 0 bridgehead atoms. The van der Waals surface area contributed by atoms with E-state index in [9.17, 15) is 12.8 Å². The van der Waals surface area contributed by atoms with Crippen LogP contribution in [0.5, 0.6) is 0 Å². The Labute approximate surface area is 102 Å². The highest BCUT2D eigenvalue weighted by Crippen LogP contribution is 2.17. The number of nitrogen functional groups attached to an aromatic ring is 1. The molecule has 96 valence electrons. The first-order chi connectivity index (χ1) is 8.49. The van der Waals surface area contributed by atoms with Crippen molar-refractivity contribution in [1.29, 1.82) is 0 Å². The molecule has 0 spiro atoms. The van der Waals surface area contributed by atoms with Crippen LogP contribution in [0.25, 0.3) is 0 Å². The minimum atomic E-state index is -3.99. The van der Waals surface area contributed by atoms with E-state index in [2.05, 4.69) is 19.4 Å². The first-order valence-corrected chi connectivity index (χ1v) is 6.27.